The van der Waals surface area contributed by atoms with Crippen LogP contribution in [0.25, 0.3) is 5.41 Å². The predicted molar refractivity (Wildman–Crippen MR) is 132 cm³/mol. The smallest absolute Gasteiger partial charge is 0.254 e. The van der Waals surface area contributed by atoms with E-state index in [0.29, 0.717) is 38.1 Å². The van der Waals surface area contributed by atoms with Gasteiger partial charge in [-0.2, -0.15) is 0 Å². The van der Waals surface area contributed by atoms with Gasteiger partial charge < -0.3 is 26.1 Å². The lowest BCUT2D eigenvalue weighted by Gasteiger charge is -2.31. The zero-order valence-electron chi connectivity index (χ0n) is 17.7. The molecule has 32 heavy (non-hydrogen) atoms. The fraction of sp³-hybridized carbons (Fsp3) is 0.250. The number of benzene rings is 2. The standard InChI is InChI=1S/C20H15ClN3OS.C4H9NO/c1-12-17(19(25)24-13-7-3-2-4-8-13)18(15(11-22)20(26)23-12)14-9-5-6-10-16(14)21;1-3-6-4-2-5-1/h2-10,18H,1H3,(H,23,26)(H,24,25);5H,1-4H2/q-1;/p+1. The van der Waals surface area contributed by atoms with Crippen molar-refractivity contribution < 1.29 is 14.8 Å². The number of amides is 1. The van der Waals surface area contributed by atoms with Crippen LogP contribution >= 0.6 is 23.8 Å². The average Bonchev–Trinajstić information content (AvgIpc) is 2.81. The van der Waals surface area contributed by atoms with Gasteiger partial charge in [0.1, 0.15) is 4.99 Å². The number of anilines is 1. The van der Waals surface area contributed by atoms with Gasteiger partial charge in [0.15, 0.2) is 0 Å². The Labute approximate surface area is 198 Å². The zero-order valence-corrected chi connectivity index (χ0v) is 19.3. The molecule has 8 heteroatoms. The first-order valence-electron chi connectivity index (χ1n) is 10.3. The van der Waals surface area contributed by atoms with Crippen molar-refractivity contribution >= 4 is 46.3 Å². The molecule has 0 saturated carbocycles. The van der Waals surface area contributed by atoms with E-state index >= 15 is 0 Å². The number of hydrogen-bond donors (Lipinski definition) is 3. The topological polar surface area (TPSA) is 89.3 Å². The summed E-state index contributed by atoms with van der Waals surface area (Å²) in [5.74, 6) is 1.22. The quantitative estimate of drug-likeness (QED) is 0.367. The average molecular weight is 469 g/mol. The van der Waals surface area contributed by atoms with Crippen molar-refractivity contribution in [3.63, 3.8) is 0 Å². The fourth-order valence-corrected chi connectivity index (χ4v) is 4.09. The van der Waals surface area contributed by atoms with Crippen molar-refractivity contribution in [1.29, 1.82) is 0 Å². The molecule has 6 nitrogen and oxygen atoms in total. The van der Waals surface area contributed by atoms with E-state index in [1.165, 1.54) is 0 Å². The van der Waals surface area contributed by atoms with Gasteiger partial charge in [-0.15, -0.1) is 0 Å². The van der Waals surface area contributed by atoms with Gasteiger partial charge in [0.05, 0.1) is 32.2 Å². The van der Waals surface area contributed by atoms with Crippen LogP contribution in [0, 0.1) is 0 Å². The van der Waals surface area contributed by atoms with E-state index in [-0.39, 0.29) is 5.91 Å². The number of halogens is 1. The molecule has 0 radical (unpaired) electrons. The highest BCUT2D eigenvalue weighted by molar-refractivity contribution is 7.80. The minimum atomic E-state index is -0.619. The Hall–Kier alpha value is -2.80. The van der Waals surface area contributed by atoms with E-state index in [1.54, 1.807) is 37.3 Å². The monoisotopic (exact) mass is 468 g/mol. The van der Waals surface area contributed by atoms with E-state index in [2.05, 4.69) is 21.8 Å². The minimum absolute atomic E-state index is 0.303. The number of quaternary nitrogens is 1. The molecular weight excluding hydrogens is 444 g/mol. The van der Waals surface area contributed by atoms with E-state index in [4.69, 9.17) is 28.6 Å². The second kappa shape index (κ2) is 11.7. The highest BCUT2D eigenvalue weighted by atomic mass is 35.5. The lowest BCUT2D eigenvalue weighted by atomic mass is 9.81. The number of thiocarbonyl (C=S) groups is 1. The van der Waals surface area contributed by atoms with Gasteiger partial charge in [0, 0.05) is 27.6 Å². The summed E-state index contributed by atoms with van der Waals surface area (Å²) in [7, 11) is 0. The lowest BCUT2D eigenvalue weighted by molar-refractivity contribution is -0.670. The molecule has 1 amide bonds. The van der Waals surface area contributed by atoms with Crippen LogP contribution in [0.4, 0.5) is 5.69 Å². The molecule has 2 aromatic rings. The third kappa shape index (κ3) is 5.91. The molecule has 4 rings (SSSR count). The summed E-state index contributed by atoms with van der Waals surface area (Å²) in [6.45, 7) is 5.96. The largest absolute Gasteiger partial charge is 0.763 e. The van der Waals surface area contributed by atoms with Crippen LogP contribution in [0.15, 0.2) is 71.4 Å². The summed E-state index contributed by atoms with van der Waals surface area (Å²) in [5.41, 5.74) is 2.67. The number of morpholine rings is 1. The Morgan fingerprint density at radius 3 is 2.41 bits per heavy atom. The summed E-state index contributed by atoms with van der Waals surface area (Å²) in [6.07, 6.45) is 0. The molecule has 1 atom stereocenters. The Balaban J connectivity index is 0.000000416. The first-order chi connectivity index (χ1) is 15.5. The third-order valence-electron chi connectivity index (χ3n) is 5.07. The van der Waals surface area contributed by atoms with Crippen LogP contribution in [0.1, 0.15) is 18.4 Å². The van der Waals surface area contributed by atoms with Crippen LogP contribution in [0.5, 0.6) is 0 Å². The molecular formula is C24H25ClN4O2S. The number of hydrogen-bond acceptors (Lipinski definition) is 3. The van der Waals surface area contributed by atoms with Crippen molar-refractivity contribution in [1.82, 2.24) is 5.32 Å². The molecule has 0 spiro atoms. The van der Waals surface area contributed by atoms with Gasteiger partial charge in [-0.05, 0) is 30.7 Å². The summed E-state index contributed by atoms with van der Waals surface area (Å²) < 4.78 is 5.04. The number of carbonyl (C=O) groups is 1. The first kappa shape index (κ1) is 23.9. The maximum Gasteiger partial charge on any atom is 0.254 e. The zero-order chi connectivity index (χ0) is 22.9. The van der Waals surface area contributed by atoms with Crippen LogP contribution in [-0.4, -0.2) is 43.1 Å². The molecule has 4 N–H and O–H groups in total. The van der Waals surface area contributed by atoms with E-state index in [9.17, 15) is 10.2 Å². The van der Waals surface area contributed by atoms with Gasteiger partial charge in [0.25, 0.3) is 5.91 Å². The Kier molecular flexibility index (Phi) is 8.73. The number of ether oxygens (including phenoxy) is 1. The molecule has 2 aromatic carbocycles. The Morgan fingerprint density at radius 1 is 1.19 bits per heavy atom. The maximum absolute atomic E-state index is 13.0. The second-order valence-corrected chi connectivity index (χ2v) is 8.09. The van der Waals surface area contributed by atoms with Crippen LogP contribution < -0.4 is 16.0 Å². The number of nitrogens with zero attached hydrogens (tertiary/aromatic N) is 1. The maximum atomic E-state index is 13.0. The number of nitrogens with two attached hydrogens (primary N) is 1. The van der Waals surface area contributed by atoms with Crippen LogP contribution in [0.3, 0.4) is 0 Å². The Bertz CT molecular complexity index is 1050. The number of carbonyl (C=O) groups excluding carboxylic acids is 1. The van der Waals surface area contributed by atoms with Crippen molar-refractivity contribution in [3.05, 3.63) is 87.4 Å². The molecule has 1 fully saturated rings. The second-order valence-electron chi connectivity index (χ2n) is 7.27. The lowest BCUT2D eigenvalue weighted by Crippen LogP contribution is -2.87. The molecule has 2 heterocycles. The SMILES string of the molecule is C1COCC[NH2+]1.CC1=C(C(=O)Nc2ccccc2)C(c2ccccc2Cl)C(=C=[N-])C(=S)N1. The molecule has 2 aliphatic rings. The summed E-state index contributed by atoms with van der Waals surface area (Å²) >= 11 is 11.7. The van der Waals surface area contributed by atoms with Gasteiger partial charge in [-0.25, -0.2) is 0 Å². The summed E-state index contributed by atoms with van der Waals surface area (Å²) in [5, 5.41) is 18.2. The van der Waals surface area contributed by atoms with E-state index < -0.39 is 5.92 Å². The minimum Gasteiger partial charge on any atom is -0.763 e. The van der Waals surface area contributed by atoms with Gasteiger partial charge in [-0.3, -0.25) is 10.7 Å². The molecule has 0 bridgehead atoms. The molecule has 1 saturated heterocycles. The van der Waals surface area contributed by atoms with Gasteiger partial charge in [0.2, 0.25) is 0 Å². The molecule has 1 unspecified atom stereocenters. The van der Waals surface area contributed by atoms with E-state index in [0.717, 1.165) is 26.3 Å². The molecule has 0 aliphatic carbocycles. The van der Waals surface area contributed by atoms with Crippen molar-refractivity contribution in [3.8, 4) is 0 Å². The van der Waals surface area contributed by atoms with Crippen LogP contribution in [-0.2, 0) is 9.53 Å². The number of allylic oxidation sites excluding steroid dienone is 1. The van der Waals surface area contributed by atoms with Gasteiger partial charge >= 0.3 is 0 Å². The molecule has 0 aromatic heterocycles. The molecule has 2 aliphatic heterocycles. The van der Waals surface area contributed by atoms with Crippen molar-refractivity contribution in [2.45, 2.75) is 12.8 Å². The number of rotatable bonds is 3. The number of nitrogens with one attached hydrogen (secondary N) is 2. The first-order valence-corrected chi connectivity index (χ1v) is 11.1. The fourth-order valence-electron chi connectivity index (χ4n) is 3.53. The van der Waals surface area contributed by atoms with Crippen molar-refractivity contribution in [2.75, 3.05) is 31.6 Å². The van der Waals surface area contributed by atoms with Crippen LogP contribution in [0.2, 0.25) is 5.02 Å². The van der Waals surface area contributed by atoms with E-state index in [1.807, 2.05) is 24.3 Å². The third-order valence-corrected chi connectivity index (χ3v) is 5.74. The molecule has 166 valence electrons. The van der Waals surface area contributed by atoms with Crippen molar-refractivity contribution in [2.24, 2.45) is 0 Å². The highest BCUT2D eigenvalue weighted by Gasteiger charge is 2.34. The predicted octanol–water partition coefficient (Wildman–Crippen LogP) is 3.01. The Morgan fingerprint density at radius 2 is 1.84 bits per heavy atom. The summed E-state index contributed by atoms with van der Waals surface area (Å²) in [4.78, 5) is 13.3. The number of para-hydroxylation sites is 1. The summed E-state index contributed by atoms with van der Waals surface area (Å²) in [6, 6.07) is 16.3. The van der Waals surface area contributed by atoms with Gasteiger partial charge in [-0.1, -0.05) is 60.2 Å². The highest BCUT2D eigenvalue weighted by Crippen LogP contribution is 2.39. The normalized spacial score (nSPS) is 18.1.